The Bertz CT molecular complexity index is 313. The van der Waals surface area contributed by atoms with E-state index >= 15 is 0 Å². The summed E-state index contributed by atoms with van der Waals surface area (Å²) in [5, 5.41) is 3.53. The average Bonchev–Trinajstić information content (AvgIpc) is 3.04. The summed E-state index contributed by atoms with van der Waals surface area (Å²) in [6.45, 7) is 7.49. The first-order valence-corrected chi connectivity index (χ1v) is 8.47. The summed E-state index contributed by atoms with van der Waals surface area (Å²) in [6.07, 6.45) is 6.03. The molecular formula is C16H31N3O2. The molecule has 5 heteroatoms. The zero-order valence-corrected chi connectivity index (χ0v) is 13.6. The molecule has 0 aromatic rings. The Hall–Kier alpha value is -0.650. The minimum absolute atomic E-state index is 0.0411. The molecule has 2 fully saturated rings. The average molecular weight is 297 g/mol. The van der Waals surface area contributed by atoms with Gasteiger partial charge in [-0.25, -0.2) is 0 Å². The highest BCUT2D eigenvalue weighted by Crippen LogP contribution is 2.14. The molecule has 0 aliphatic carbocycles. The van der Waals surface area contributed by atoms with Gasteiger partial charge in [0.15, 0.2) is 0 Å². The Morgan fingerprint density at radius 1 is 1.33 bits per heavy atom. The van der Waals surface area contributed by atoms with Crippen LogP contribution in [0.4, 0.5) is 0 Å². The maximum absolute atomic E-state index is 12.7. The van der Waals surface area contributed by atoms with Crippen LogP contribution in [0.5, 0.6) is 0 Å². The summed E-state index contributed by atoms with van der Waals surface area (Å²) >= 11 is 0. The largest absolute Gasteiger partial charge is 0.383 e. The smallest absolute Gasteiger partial charge is 0.239 e. The zero-order valence-electron chi connectivity index (χ0n) is 13.6. The highest BCUT2D eigenvalue weighted by atomic mass is 16.5. The summed E-state index contributed by atoms with van der Waals surface area (Å²) in [4.78, 5) is 17.0. The molecule has 2 aliphatic rings. The van der Waals surface area contributed by atoms with E-state index in [4.69, 9.17) is 4.74 Å². The second-order valence-electron chi connectivity index (χ2n) is 6.34. The van der Waals surface area contributed by atoms with Crippen LogP contribution in [-0.2, 0) is 9.53 Å². The molecule has 21 heavy (non-hydrogen) atoms. The minimum atomic E-state index is -0.0411. The van der Waals surface area contributed by atoms with Crippen LogP contribution in [-0.4, -0.2) is 74.2 Å². The van der Waals surface area contributed by atoms with E-state index in [9.17, 15) is 4.79 Å². The summed E-state index contributed by atoms with van der Waals surface area (Å²) in [5.74, 6) is 0.295. The second kappa shape index (κ2) is 8.71. The summed E-state index contributed by atoms with van der Waals surface area (Å²) in [6, 6.07) is 0.485. The van der Waals surface area contributed by atoms with E-state index in [0.717, 1.165) is 45.6 Å². The molecule has 0 spiro atoms. The molecule has 2 atom stereocenters. The van der Waals surface area contributed by atoms with Crippen LogP contribution >= 0.6 is 0 Å². The van der Waals surface area contributed by atoms with Gasteiger partial charge in [-0.05, 0) is 45.6 Å². The van der Waals surface area contributed by atoms with Gasteiger partial charge < -0.3 is 15.0 Å². The van der Waals surface area contributed by atoms with Crippen LogP contribution in [0.25, 0.3) is 0 Å². The van der Waals surface area contributed by atoms with Crippen LogP contribution in [0.3, 0.4) is 0 Å². The maximum Gasteiger partial charge on any atom is 0.239 e. The van der Waals surface area contributed by atoms with Crippen molar-refractivity contribution in [1.82, 2.24) is 15.1 Å². The molecule has 0 bridgehead atoms. The number of piperidine rings is 1. The van der Waals surface area contributed by atoms with E-state index in [1.54, 1.807) is 7.11 Å². The molecule has 2 rings (SSSR count). The van der Waals surface area contributed by atoms with Gasteiger partial charge in [0, 0.05) is 39.3 Å². The van der Waals surface area contributed by atoms with Crippen molar-refractivity contribution in [2.75, 3.05) is 46.4 Å². The number of amides is 1. The Labute approximate surface area is 129 Å². The van der Waals surface area contributed by atoms with E-state index in [1.807, 2.05) is 0 Å². The number of nitrogens with one attached hydrogen (secondary N) is 1. The lowest BCUT2D eigenvalue weighted by Crippen LogP contribution is -2.52. The van der Waals surface area contributed by atoms with Gasteiger partial charge >= 0.3 is 0 Å². The third-order valence-corrected chi connectivity index (χ3v) is 4.77. The first kappa shape index (κ1) is 16.7. The fourth-order valence-electron chi connectivity index (χ4n) is 3.38. The molecule has 0 aromatic carbocycles. The van der Waals surface area contributed by atoms with Gasteiger partial charge in [0.2, 0.25) is 5.91 Å². The van der Waals surface area contributed by atoms with Crippen LogP contribution < -0.4 is 5.32 Å². The lowest BCUT2D eigenvalue weighted by atomic mass is 10.1. The number of carbonyl (C=O) groups excluding carboxylic acids is 1. The van der Waals surface area contributed by atoms with Crippen molar-refractivity contribution in [2.45, 2.75) is 51.1 Å². The third kappa shape index (κ3) is 4.94. The Balaban J connectivity index is 1.90. The monoisotopic (exact) mass is 297 g/mol. The Kier molecular flexibility index (Phi) is 6.93. The van der Waals surface area contributed by atoms with Crippen LogP contribution in [0.15, 0.2) is 0 Å². The second-order valence-corrected chi connectivity index (χ2v) is 6.34. The van der Waals surface area contributed by atoms with Crippen molar-refractivity contribution < 1.29 is 9.53 Å². The highest BCUT2D eigenvalue weighted by Gasteiger charge is 2.29. The maximum atomic E-state index is 12.7. The number of hydrogen-bond donors (Lipinski definition) is 1. The Morgan fingerprint density at radius 2 is 2.10 bits per heavy atom. The van der Waals surface area contributed by atoms with Crippen molar-refractivity contribution in [1.29, 1.82) is 0 Å². The fraction of sp³-hybridized carbons (Fsp3) is 0.938. The summed E-state index contributed by atoms with van der Waals surface area (Å²) in [5.41, 5.74) is 0. The van der Waals surface area contributed by atoms with E-state index in [1.165, 1.54) is 19.3 Å². The fourth-order valence-corrected chi connectivity index (χ4v) is 3.38. The van der Waals surface area contributed by atoms with Gasteiger partial charge in [-0.15, -0.1) is 0 Å². The van der Waals surface area contributed by atoms with Gasteiger partial charge in [0.25, 0.3) is 0 Å². The summed E-state index contributed by atoms with van der Waals surface area (Å²) < 4.78 is 5.23. The molecule has 2 aliphatic heterocycles. The van der Waals surface area contributed by atoms with E-state index < -0.39 is 0 Å². The molecule has 5 nitrogen and oxygen atoms in total. The van der Waals surface area contributed by atoms with E-state index in [-0.39, 0.29) is 6.04 Å². The molecular weight excluding hydrogens is 266 g/mol. The van der Waals surface area contributed by atoms with E-state index in [2.05, 4.69) is 22.0 Å². The first-order valence-electron chi connectivity index (χ1n) is 8.47. The zero-order chi connectivity index (χ0) is 15.1. The number of ether oxygens (including phenoxy) is 1. The molecule has 2 heterocycles. The van der Waals surface area contributed by atoms with Crippen LogP contribution in [0.1, 0.15) is 39.0 Å². The van der Waals surface area contributed by atoms with Crippen molar-refractivity contribution >= 4 is 5.91 Å². The van der Waals surface area contributed by atoms with Crippen molar-refractivity contribution in [2.24, 2.45) is 0 Å². The van der Waals surface area contributed by atoms with Gasteiger partial charge in [0.1, 0.15) is 0 Å². The number of methoxy groups -OCH3 is 1. The van der Waals surface area contributed by atoms with Gasteiger partial charge in [-0.1, -0.05) is 0 Å². The van der Waals surface area contributed by atoms with E-state index in [0.29, 0.717) is 18.6 Å². The number of carbonyl (C=O) groups is 1. The molecule has 0 radical (unpaired) electrons. The van der Waals surface area contributed by atoms with Gasteiger partial charge in [0.05, 0.1) is 12.6 Å². The number of rotatable bonds is 7. The highest BCUT2D eigenvalue weighted by molar-refractivity contribution is 5.81. The minimum Gasteiger partial charge on any atom is -0.383 e. The number of likely N-dealkylation sites (tertiary alicyclic amines) is 1. The van der Waals surface area contributed by atoms with Gasteiger partial charge in [-0.2, -0.15) is 0 Å². The predicted octanol–water partition coefficient (Wildman–Crippen LogP) is 1.09. The molecule has 122 valence electrons. The van der Waals surface area contributed by atoms with Gasteiger partial charge in [-0.3, -0.25) is 9.69 Å². The van der Waals surface area contributed by atoms with Crippen LogP contribution in [0, 0.1) is 0 Å². The van der Waals surface area contributed by atoms with Crippen LogP contribution in [0.2, 0.25) is 0 Å². The van der Waals surface area contributed by atoms with Crippen molar-refractivity contribution in [3.63, 3.8) is 0 Å². The quantitative estimate of drug-likeness (QED) is 0.764. The number of nitrogens with zero attached hydrogens (tertiary/aromatic N) is 2. The third-order valence-electron chi connectivity index (χ3n) is 4.77. The predicted molar refractivity (Wildman–Crippen MR) is 84.4 cm³/mol. The van der Waals surface area contributed by atoms with Crippen molar-refractivity contribution in [3.8, 4) is 0 Å². The standard InChI is InChI=1S/C16H31N3O2/c1-14(16(20)18-9-4-3-5-10-18)19(11-12-21-2)13-15-7-6-8-17-15/h14-15,17H,3-13H2,1-2H3. The SMILES string of the molecule is COCCN(CC1CCCN1)C(C)C(=O)N1CCCCC1. The molecule has 1 N–H and O–H groups in total. The molecule has 1 amide bonds. The normalized spacial score (nSPS) is 24.5. The number of hydrogen-bond acceptors (Lipinski definition) is 4. The summed E-state index contributed by atoms with van der Waals surface area (Å²) in [7, 11) is 1.73. The topological polar surface area (TPSA) is 44.8 Å². The lowest BCUT2D eigenvalue weighted by molar-refractivity contribution is -0.137. The molecule has 2 saturated heterocycles. The molecule has 2 unspecified atom stereocenters. The Morgan fingerprint density at radius 3 is 2.71 bits per heavy atom. The van der Waals surface area contributed by atoms with Crippen molar-refractivity contribution in [3.05, 3.63) is 0 Å². The molecule has 0 saturated carbocycles. The first-order chi connectivity index (χ1) is 10.2. The molecule has 0 aromatic heterocycles. The lowest BCUT2D eigenvalue weighted by Gasteiger charge is -2.35.